The topological polar surface area (TPSA) is 517 Å². The van der Waals surface area contributed by atoms with Gasteiger partial charge in [-0.3, -0.25) is 24.6 Å². The van der Waals surface area contributed by atoms with Crippen LogP contribution in [0.1, 0.15) is 260 Å². The van der Waals surface area contributed by atoms with Crippen molar-refractivity contribution >= 4 is 81.5 Å². The van der Waals surface area contributed by atoms with Gasteiger partial charge in [0.1, 0.15) is 69.4 Å². The lowest BCUT2D eigenvalue weighted by molar-refractivity contribution is -0.137. The van der Waals surface area contributed by atoms with Crippen LogP contribution in [0, 0.1) is 44.8 Å². The minimum Gasteiger partial charge on any atom is -0.481 e. The van der Waals surface area contributed by atoms with Gasteiger partial charge in [0.05, 0.1) is 59.2 Å². The number of nitrogens with one attached hydrogen (secondary N) is 6. The van der Waals surface area contributed by atoms with E-state index in [2.05, 4.69) is 125 Å². The molecule has 3 aromatic heterocycles. The number of hydrogen-bond acceptors (Lipinski definition) is 23. The number of aliphatic carboxylic acids is 1. The molecule has 12 N–H and O–H groups in total. The number of carbonyl (C=O) groups is 9. The Hall–Kier alpha value is -14.0. The highest BCUT2D eigenvalue weighted by Gasteiger charge is 2.32. The third kappa shape index (κ3) is 46.0. The van der Waals surface area contributed by atoms with Crippen molar-refractivity contribution < 1.29 is 77.1 Å². The summed E-state index contributed by atoms with van der Waals surface area (Å²) in [6.45, 7) is 52.3. The first-order chi connectivity index (χ1) is 65.1. The number of amides is 6. The van der Waals surface area contributed by atoms with Gasteiger partial charge in [0, 0.05) is 129 Å². The van der Waals surface area contributed by atoms with E-state index in [0.29, 0.717) is 36.8 Å². The number of carboxylic acids is 1. The van der Waals surface area contributed by atoms with Crippen LogP contribution >= 0.6 is 15.9 Å². The number of likely N-dealkylation sites (N-methyl/N-ethyl adjacent to an activating group) is 1. The molecule has 3 heterocycles. The Bertz CT molecular complexity index is 5700. The quantitative estimate of drug-likeness (QED) is 0.00483. The van der Waals surface area contributed by atoms with E-state index >= 15 is 0 Å². The molecule has 0 unspecified atom stereocenters. The fraction of sp³-hybridized carbons (Fsp3) is 0.500. The maximum Gasteiger partial charge on any atom is 0.408 e. The number of oxime groups is 1. The summed E-state index contributed by atoms with van der Waals surface area (Å²) in [6.07, 6.45) is 4.79. The van der Waals surface area contributed by atoms with Crippen LogP contribution in [-0.4, -0.2) is 187 Å². The standard InChI is InChI=1S/C22H33N5O3.C22H33N5O2.C22H30N4O2.C22H31N3O4.C16H19BrN2O3.C2H4O2/c1-21(2,3)19-24-17(13-27(19)7)15-10-8-14(9-11-15)12-16(18(23)26-29)25-20(28)30-22(4,5)6;1-21(2,3)19-25-17(13-27(19)7)15-10-8-14(9-11-15)12-16(18(23)24)26-20(28)29-22(4,5)6;1-21(2,3)19-25-18(14-26(19)7)16-10-8-15(9-11-16)12-17(13-23)24-20(27)28-22(4,5)6;1-21(2,3)19(27)25(7)14-18(26)16-10-8-15(9-11-16)12-17(13-23)24-20(28)29-22(4,5)6;1-16(2,3)22-15(21)19-13(10-18)8-11-4-6-12(7-5-11)14(20)9-17;1-2(3)4/h8-11,13,16,29H,12H2,1-7H3,(H2,23,26)(H,25,28);8-11,13,16H,12H2,1-7H3,(H3,23,24)(H,26,28);8-11,14,17H,12H2,1-7H3,(H,24,27);8-11,17H,12,14H2,1-7H3,(H,24,28);4-7,13H,8-9H2,1-3H3,(H,19,21);1H3,(H,3,4)/t2*16-;2*17-;13-;/m00000./s1. The third-order valence-electron chi connectivity index (χ3n) is 19.4. The van der Waals surface area contributed by atoms with Crippen LogP contribution in [0.2, 0.25) is 0 Å². The van der Waals surface area contributed by atoms with Crippen molar-refractivity contribution in [2.75, 3.05) is 18.9 Å². The normalized spacial score (nSPS) is 12.7. The summed E-state index contributed by atoms with van der Waals surface area (Å²) in [4.78, 5) is 120. The number of nitriles is 3. The molecule has 35 nitrogen and oxygen atoms in total. The molecule has 0 saturated heterocycles. The zero-order chi connectivity index (χ0) is 109. The van der Waals surface area contributed by atoms with Crippen LogP contribution < -0.4 is 38.1 Å². The summed E-state index contributed by atoms with van der Waals surface area (Å²) in [5.41, 5.74) is 19.0. The van der Waals surface area contributed by atoms with E-state index < -0.39 is 100 Å². The van der Waals surface area contributed by atoms with Gasteiger partial charge in [-0.15, -0.1) is 0 Å². The average Bonchev–Trinajstić information content (AvgIpc) is 1.67. The first-order valence-corrected chi connectivity index (χ1v) is 47.4. The van der Waals surface area contributed by atoms with Gasteiger partial charge >= 0.3 is 30.5 Å². The number of halogens is 1. The van der Waals surface area contributed by atoms with Gasteiger partial charge in [-0.05, 0) is 138 Å². The molecule has 142 heavy (non-hydrogen) atoms. The van der Waals surface area contributed by atoms with Crippen molar-refractivity contribution in [1.29, 1.82) is 21.2 Å². The molecule has 6 amide bonds. The zero-order valence-corrected chi connectivity index (χ0v) is 90.3. The Morgan fingerprint density at radius 2 is 0.648 bits per heavy atom. The first-order valence-electron chi connectivity index (χ1n) is 46.3. The summed E-state index contributed by atoms with van der Waals surface area (Å²) in [7, 11) is 7.62. The van der Waals surface area contributed by atoms with Crippen molar-refractivity contribution in [3.63, 3.8) is 0 Å². The molecule has 0 bridgehead atoms. The van der Waals surface area contributed by atoms with Gasteiger partial charge in [-0.25, -0.2) is 38.9 Å². The number of nitrogens with zero attached hydrogens (tertiary/aromatic N) is 11. The fourth-order valence-electron chi connectivity index (χ4n) is 13.4. The molecule has 0 fully saturated rings. The number of carboxylic acid groups (broad SMARTS) is 1. The molecule has 5 aromatic carbocycles. The monoisotopic (exact) mass is 2020 g/mol. The largest absolute Gasteiger partial charge is 0.481 e. The number of alkyl carbamates (subject to hydrolysis) is 5. The van der Waals surface area contributed by atoms with E-state index in [9.17, 15) is 48.9 Å². The van der Waals surface area contributed by atoms with Crippen molar-refractivity contribution in [1.82, 2.24) is 60.1 Å². The number of amidine groups is 2. The molecular formula is C106H150BrN19O16. The van der Waals surface area contributed by atoms with Crippen LogP contribution in [0.15, 0.2) is 145 Å². The molecule has 36 heteroatoms. The molecule has 0 aliphatic carbocycles. The molecule has 0 aliphatic heterocycles. The number of alkyl halides is 1. The van der Waals surface area contributed by atoms with Gasteiger partial charge in [0.2, 0.25) is 5.91 Å². The van der Waals surface area contributed by atoms with Crippen LogP contribution in [0.5, 0.6) is 0 Å². The molecule has 5 atom stereocenters. The summed E-state index contributed by atoms with van der Waals surface area (Å²) >= 11 is 3.12. The number of nitrogens with two attached hydrogens (primary N) is 2. The highest BCUT2D eigenvalue weighted by atomic mass is 79.9. The van der Waals surface area contributed by atoms with Crippen molar-refractivity contribution in [2.45, 2.75) is 300 Å². The van der Waals surface area contributed by atoms with Crippen LogP contribution in [-0.2, 0) is 103 Å². The lowest BCUT2D eigenvalue weighted by Crippen LogP contribution is -2.47. The van der Waals surface area contributed by atoms with Crippen LogP contribution in [0.3, 0.4) is 0 Å². The van der Waals surface area contributed by atoms with E-state index in [1.807, 2.05) is 150 Å². The molecule has 0 spiro atoms. The zero-order valence-electron chi connectivity index (χ0n) is 88.7. The number of Topliss-reactive ketones (excluding diaryl/α,β-unsaturated/α-hetero) is 2. The summed E-state index contributed by atoms with van der Waals surface area (Å²) in [5, 5.41) is 68.3. The first kappa shape index (κ1) is 122. The number of benzene rings is 5. The second-order valence-corrected chi connectivity index (χ2v) is 43.8. The average molecular weight is 2030 g/mol. The molecule has 0 saturated carbocycles. The number of ketones is 2. The minimum atomic E-state index is -0.833. The number of rotatable bonds is 25. The van der Waals surface area contributed by atoms with E-state index in [4.69, 9.17) is 75.9 Å². The van der Waals surface area contributed by atoms with E-state index in [-0.39, 0.29) is 63.7 Å². The number of ether oxygens (including phenoxy) is 5. The van der Waals surface area contributed by atoms with Gasteiger partial charge < -0.3 is 90.7 Å². The third-order valence-corrected chi connectivity index (χ3v) is 19.9. The Morgan fingerprint density at radius 1 is 0.415 bits per heavy atom. The lowest BCUT2D eigenvalue weighted by Gasteiger charge is -2.25. The Kier molecular flexibility index (Phi) is 45.7. The molecule has 8 aromatic rings. The molecule has 0 aliphatic rings. The maximum absolute atomic E-state index is 12.4. The van der Waals surface area contributed by atoms with Crippen LogP contribution in [0.25, 0.3) is 33.8 Å². The van der Waals surface area contributed by atoms with Gasteiger partial charge in [0.15, 0.2) is 17.4 Å². The second-order valence-electron chi connectivity index (χ2n) is 43.2. The summed E-state index contributed by atoms with van der Waals surface area (Å²) < 4.78 is 32.2. The maximum atomic E-state index is 12.4. The van der Waals surface area contributed by atoms with Gasteiger partial charge in [0.25, 0.3) is 5.97 Å². The lowest BCUT2D eigenvalue weighted by atomic mass is 9.94. The molecule has 8 rings (SSSR count). The minimum absolute atomic E-state index is 0.00350. The highest BCUT2D eigenvalue weighted by molar-refractivity contribution is 9.09. The van der Waals surface area contributed by atoms with E-state index in [1.54, 1.807) is 159 Å². The smallest absolute Gasteiger partial charge is 0.408 e. The number of aryl methyl sites for hydroxylation is 3. The van der Waals surface area contributed by atoms with Gasteiger partial charge in [-0.1, -0.05) is 225 Å². The van der Waals surface area contributed by atoms with Gasteiger partial charge in [-0.2, -0.15) is 15.8 Å². The Morgan fingerprint density at radius 3 is 0.866 bits per heavy atom. The molecular weight excluding hydrogens is 1880 g/mol. The number of imidazole rings is 3. The summed E-state index contributed by atoms with van der Waals surface area (Å²) in [5.74, 6) is 1.75. The van der Waals surface area contributed by atoms with E-state index in [0.717, 1.165) is 86.0 Å². The predicted molar refractivity (Wildman–Crippen MR) is 554 cm³/mol. The van der Waals surface area contributed by atoms with Crippen molar-refractivity contribution in [3.8, 4) is 52.0 Å². The SMILES string of the molecule is CC(=O)O.CC(C)(C)OC(=O)N[C@H](C#N)Cc1ccc(C(=O)CBr)cc1.CN(CC(=O)c1ccc(C[C@@H](C#N)NC(=O)OC(C)(C)C)cc1)C(=O)C(C)(C)C.Cn1cc(-c2ccc(C[C@@H](C#N)NC(=O)OC(C)(C)C)cc2)nc1C(C)(C)C.Cn1cc(-c2ccc(C[C@H](NC(=O)OC(C)(C)C)C(=N)N)cc2)nc1C(C)(C)C.Cn1cc(-c2ccc(C[C@H](NC(=O)OC(C)(C)C)C(N)=NO)cc2)nc1C(C)(C)C. The number of hydrogen-bond donors (Lipinski definition) is 10. The predicted octanol–water partition coefficient (Wildman–Crippen LogP) is 18.3. The molecule has 0 radical (unpaired) electrons. The number of aromatic nitrogens is 6. The number of carbonyl (C=O) groups excluding carboxylic acids is 8. The van der Waals surface area contributed by atoms with Crippen molar-refractivity contribution in [3.05, 3.63) is 196 Å². The highest BCUT2D eigenvalue weighted by Crippen LogP contribution is 2.31. The fourth-order valence-corrected chi connectivity index (χ4v) is 13.7. The molecule has 772 valence electrons. The van der Waals surface area contributed by atoms with E-state index in [1.165, 1.54) is 4.90 Å². The van der Waals surface area contributed by atoms with Crippen molar-refractivity contribution in [2.24, 2.45) is 43.2 Å². The van der Waals surface area contributed by atoms with Crippen LogP contribution in [0.4, 0.5) is 24.0 Å². The Balaban J connectivity index is 0.000000453. The Labute approximate surface area is 846 Å². The summed E-state index contributed by atoms with van der Waals surface area (Å²) in [6, 6.07) is 40.2. The second kappa shape index (κ2) is 53.1.